The van der Waals surface area contributed by atoms with Crippen molar-refractivity contribution in [1.29, 1.82) is 0 Å². The van der Waals surface area contributed by atoms with Crippen molar-refractivity contribution < 1.29 is 9.53 Å². The van der Waals surface area contributed by atoms with Gasteiger partial charge in [-0.3, -0.25) is 9.69 Å². The molecule has 128 valence electrons. The van der Waals surface area contributed by atoms with Crippen LogP contribution < -0.4 is 5.73 Å². The van der Waals surface area contributed by atoms with Gasteiger partial charge in [0.25, 0.3) is 0 Å². The van der Waals surface area contributed by atoms with Crippen molar-refractivity contribution in [3.05, 3.63) is 11.9 Å². The van der Waals surface area contributed by atoms with Gasteiger partial charge >= 0.3 is 0 Å². The van der Waals surface area contributed by atoms with E-state index in [1.165, 1.54) is 5.69 Å². The van der Waals surface area contributed by atoms with E-state index in [9.17, 15) is 4.79 Å². The van der Waals surface area contributed by atoms with Gasteiger partial charge in [0.1, 0.15) is 0 Å². The third-order valence-electron chi connectivity index (χ3n) is 5.23. The molecule has 0 saturated carbocycles. The van der Waals surface area contributed by atoms with E-state index in [1.807, 2.05) is 10.9 Å². The fraction of sp³-hybridized carbons (Fsp3) is 0.812. The number of aryl methyl sites for hydroxylation is 1. The van der Waals surface area contributed by atoms with Crippen molar-refractivity contribution in [2.45, 2.75) is 51.8 Å². The first-order valence-electron chi connectivity index (χ1n) is 8.68. The zero-order valence-electron chi connectivity index (χ0n) is 13.9. The van der Waals surface area contributed by atoms with Crippen LogP contribution in [-0.2, 0) is 22.6 Å². The normalized spacial score (nSPS) is 26.7. The van der Waals surface area contributed by atoms with Crippen LogP contribution in [0.5, 0.6) is 0 Å². The Labute approximate surface area is 137 Å². The van der Waals surface area contributed by atoms with Gasteiger partial charge in [-0.25, -0.2) is 4.68 Å². The van der Waals surface area contributed by atoms with Gasteiger partial charge in [-0.2, -0.15) is 0 Å². The highest BCUT2D eigenvalue weighted by atomic mass is 16.5. The number of ether oxygens (including phenoxy) is 1. The molecule has 7 heteroatoms. The molecule has 2 fully saturated rings. The van der Waals surface area contributed by atoms with Crippen molar-refractivity contribution >= 4 is 5.91 Å². The molecular weight excluding hydrogens is 294 g/mol. The number of primary amides is 1. The van der Waals surface area contributed by atoms with Gasteiger partial charge in [0.15, 0.2) is 0 Å². The Balaban J connectivity index is 1.46. The number of carbonyl (C=O) groups is 1. The predicted molar refractivity (Wildman–Crippen MR) is 85.4 cm³/mol. The van der Waals surface area contributed by atoms with Crippen LogP contribution in [0.15, 0.2) is 6.20 Å². The standard InChI is InChI=1S/C16H27N5O2/c1-2-21-13(10-18-19-21)11-20-6-3-12(4-7-20)9-15-14(16(17)22)5-8-23-15/h10,12,14-15H,2-9,11H2,1H3,(H2,17,22)/t14-,15-/m1/s1. The third kappa shape index (κ3) is 3.90. The minimum absolute atomic E-state index is 0.0368. The van der Waals surface area contributed by atoms with E-state index in [-0.39, 0.29) is 17.9 Å². The molecule has 1 aromatic rings. The van der Waals surface area contributed by atoms with Crippen LogP contribution in [0, 0.1) is 11.8 Å². The summed E-state index contributed by atoms with van der Waals surface area (Å²) in [7, 11) is 0. The molecular formula is C16H27N5O2. The quantitative estimate of drug-likeness (QED) is 0.837. The smallest absolute Gasteiger partial charge is 0.223 e. The first kappa shape index (κ1) is 16.4. The van der Waals surface area contributed by atoms with Crippen LogP contribution in [0.2, 0.25) is 0 Å². The Morgan fingerprint density at radius 2 is 2.17 bits per heavy atom. The fourth-order valence-corrected chi connectivity index (χ4v) is 3.81. The van der Waals surface area contributed by atoms with Gasteiger partial charge in [-0.1, -0.05) is 5.21 Å². The molecule has 7 nitrogen and oxygen atoms in total. The highest BCUT2D eigenvalue weighted by Gasteiger charge is 2.35. The fourth-order valence-electron chi connectivity index (χ4n) is 3.81. The van der Waals surface area contributed by atoms with Gasteiger partial charge in [0, 0.05) is 19.7 Å². The maximum Gasteiger partial charge on any atom is 0.223 e. The lowest BCUT2D eigenvalue weighted by Crippen LogP contribution is -2.37. The molecule has 2 aliphatic heterocycles. The molecule has 1 aromatic heterocycles. The number of likely N-dealkylation sites (tertiary alicyclic amines) is 1. The lowest BCUT2D eigenvalue weighted by atomic mass is 9.86. The highest BCUT2D eigenvalue weighted by molar-refractivity contribution is 5.77. The summed E-state index contributed by atoms with van der Waals surface area (Å²) in [5.74, 6) is 0.341. The second kappa shape index (κ2) is 7.40. The summed E-state index contributed by atoms with van der Waals surface area (Å²) in [5.41, 5.74) is 6.66. The number of nitrogens with zero attached hydrogens (tertiary/aromatic N) is 4. The first-order chi connectivity index (χ1) is 11.2. The molecule has 23 heavy (non-hydrogen) atoms. The molecule has 2 aliphatic rings. The van der Waals surface area contributed by atoms with Crippen LogP contribution in [0.3, 0.4) is 0 Å². The number of carbonyl (C=O) groups excluding carboxylic acids is 1. The Bertz CT molecular complexity index is 524. The molecule has 0 aliphatic carbocycles. The van der Waals surface area contributed by atoms with Gasteiger partial charge in [0.2, 0.25) is 5.91 Å². The van der Waals surface area contributed by atoms with Crippen molar-refractivity contribution in [3.8, 4) is 0 Å². The molecule has 0 unspecified atom stereocenters. The van der Waals surface area contributed by atoms with Crippen molar-refractivity contribution in [1.82, 2.24) is 19.9 Å². The van der Waals surface area contributed by atoms with Crippen LogP contribution in [0.25, 0.3) is 0 Å². The average Bonchev–Trinajstić information content (AvgIpc) is 3.18. The minimum Gasteiger partial charge on any atom is -0.377 e. The van der Waals surface area contributed by atoms with E-state index in [1.54, 1.807) is 0 Å². The Morgan fingerprint density at radius 3 is 2.87 bits per heavy atom. The second-order valence-electron chi connectivity index (χ2n) is 6.70. The predicted octanol–water partition coefficient (Wildman–Crippen LogP) is 0.791. The summed E-state index contributed by atoms with van der Waals surface area (Å²) in [4.78, 5) is 13.9. The summed E-state index contributed by atoms with van der Waals surface area (Å²) in [6, 6.07) is 0. The van der Waals surface area contributed by atoms with E-state index < -0.39 is 0 Å². The second-order valence-corrected chi connectivity index (χ2v) is 6.70. The average molecular weight is 321 g/mol. The van der Waals surface area contributed by atoms with Gasteiger partial charge in [-0.15, -0.1) is 5.10 Å². The van der Waals surface area contributed by atoms with Crippen LogP contribution in [0.1, 0.15) is 38.3 Å². The SMILES string of the molecule is CCn1nncc1CN1CCC(C[C@H]2OCC[C@H]2C(N)=O)CC1. The number of hydrogen-bond donors (Lipinski definition) is 1. The highest BCUT2D eigenvalue weighted by Crippen LogP contribution is 2.30. The van der Waals surface area contributed by atoms with E-state index in [2.05, 4.69) is 22.1 Å². The van der Waals surface area contributed by atoms with Crippen molar-refractivity contribution in [3.63, 3.8) is 0 Å². The summed E-state index contributed by atoms with van der Waals surface area (Å²) < 4.78 is 7.69. The summed E-state index contributed by atoms with van der Waals surface area (Å²) in [5, 5.41) is 8.08. The molecule has 0 bridgehead atoms. The number of aromatic nitrogens is 3. The van der Waals surface area contributed by atoms with E-state index in [4.69, 9.17) is 10.5 Å². The lowest BCUT2D eigenvalue weighted by molar-refractivity contribution is -0.123. The molecule has 3 heterocycles. The monoisotopic (exact) mass is 321 g/mol. The number of rotatable bonds is 6. The number of amides is 1. The Morgan fingerprint density at radius 1 is 1.39 bits per heavy atom. The Hall–Kier alpha value is -1.47. The number of piperidine rings is 1. The molecule has 2 saturated heterocycles. The molecule has 2 atom stereocenters. The zero-order valence-corrected chi connectivity index (χ0v) is 13.9. The van der Waals surface area contributed by atoms with Gasteiger partial charge < -0.3 is 10.5 Å². The van der Waals surface area contributed by atoms with E-state index in [0.717, 1.165) is 51.9 Å². The largest absolute Gasteiger partial charge is 0.377 e. The molecule has 1 amide bonds. The summed E-state index contributed by atoms with van der Waals surface area (Å²) >= 11 is 0. The van der Waals surface area contributed by atoms with Crippen LogP contribution in [-0.4, -0.2) is 51.6 Å². The van der Waals surface area contributed by atoms with Crippen molar-refractivity contribution in [2.24, 2.45) is 17.6 Å². The lowest BCUT2D eigenvalue weighted by Gasteiger charge is -2.33. The molecule has 0 spiro atoms. The molecule has 0 radical (unpaired) electrons. The first-order valence-corrected chi connectivity index (χ1v) is 8.68. The third-order valence-corrected chi connectivity index (χ3v) is 5.23. The maximum atomic E-state index is 11.5. The van der Waals surface area contributed by atoms with E-state index in [0.29, 0.717) is 12.5 Å². The summed E-state index contributed by atoms with van der Waals surface area (Å²) in [6.07, 6.45) is 5.95. The number of hydrogen-bond acceptors (Lipinski definition) is 5. The maximum absolute atomic E-state index is 11.5. The van der Waals surface area contributed by atoms with Crippen LogP contribution >= 0.6 is 0 Å². The molecule has 0 aromatic carbocycles. The van der Waals surface area contributed by atoms with E-state index >= 15 is 0 Å². The van der Waals surface area contributed by atoms with Crippen molar-refractivity contribution in [2.75, 3.05) is 19.7 Å². The minimum atomic E-state index is -0.203. The molecule has 2 N–H and O–H groups in total. The van der Waals surface area contributed by atoms with Gasteiger partial charge in [0.05, 0.1) is 23.9 Å². The Kier molecular flexibility index (Phi) is 5.27. The van der Waals surface area contributed by atoms with Crippen LogP contribution in [0.4, 0.5) is 0 Å². The number of nitrogens with two attached hydrogens (primary N) is 1. The topological polar surface area (TPSA) is 86.3 Å². The zero-order chi connectivity index (χ0) is 16.2. The summed E-state index contributed by atoms with van der Waals surface area (Å²) in [6.45, 7) is 6.68. The molecule has 3 rings (SSSR count). The van der Waals surface area contributed by atoms with Gasteiger partial charge in [-0.05, 0) is 51.6 Å².